The highest BCUT2D eigenvalue weighted by Gasteiger charge is 2.31. The van der Waals surface area contributed by atoms with Crippen LogP contribution in [-0.2, 0) is 6.42 Å². The summed E-state index contributed by atoms with van der Waals surface area (Å²) in [5.41, 5.74) is 3.42. The van der Waals surface area contributed by atoms with Gasteiger partial charge in [-0.05, 0) is 29.3 Å². The summed E-state index contributed by atoms with van der Waals surface area (Å²) in [6, 6.07) is 16.9. The van der Waals surface area contributed by atoms with Crippen LogP contribution < -0.4 is 15.4 Å². The Balaban J connectivity index is 1.37. The van der Waals surface area contributed by atoms with Gasteiger partial charge in [-0.1, -0.05) is 35.6 Å². The van der Waals surface area contributed by atoms with Crippen molar-refractivity contribution in [2.24, 2.45) is 0 Å². The number of aliphatic hydroxyl groups is 1. The standard InChI is InChI=1S/C23H20N4O3S/c1-24-22(29)18-11-15(8-9-25-18)30-14-6-7-17-20(12-14)31-23(26-17)27-21-16-5-3-2-4-13(16)10-19(21)28/h2-9,11-12,19,21,28H,10H2,1H3,(H,24,29)(H,26,27)/t19-,21-/m0/s1. The first-order valence-electron chi connectivity index (χ1n) is 9.90. The summed E-state index contributed by atoms with van der Waals surface area (Å²) >= 11 is 1.51. The number of hydrogen-bond acceptors (Lipinski definition) is 7. The minimum absolute atomic E-state index is 0.174. The van der Waals surface area contributed by atoms with Gasteiger partial charge in [-0.2, -0.15) is 0 Å². The number of anilines is 1. The van der Waals surface area contributed by atoms with Gasteiger partial charge in [0, 0.05) is 31.8 Å². The molecule has 5 rings (SSSR count). The van der Waals surface area contributed by atoms with E-state index in [4.69, 9.17) is 4.74 Å². The molecule has 1 aliphatic carbocycles. The van der Waals surface area contributed by atoms with Crippen LogP contribution in [0.25, 0.3) is 10.2 Å². The highest BCUT2D eigenvalue weighted by Crippen LogP contribution is 2.37. The van der Waals surface area contributed by atoms with Crippen molar-refractivity contribution in [3.8, 4) is 11.5 Å². The largest absolute Gasteiger partial charge is 0.457 e. The molecule has 0 saturated heterocycles. The van der Waals surface area contributed by atoms with Crippen molar-refractivity contribution < 1.29 is 14.6 Å². The van der Waals surface area contributed by atoms with Crippen LogP contribution >= 0.6 is 11.3 Å². The van der Waals surface area contributed by atoms with E-state index in [1.54, 1.807) is 19.2 Å². The van der Waals surface area contributed by atoms with Crippen LogP contribution in [0, 0.1) is 0 Å². The summed E-state index contributed by atoms with van der Waals surface area (Å²) in [5, 5.41) is 17.2. The number of carbonyl (C=O) groups is 1. The SMILES string of the molecule is CNC(=O)c1cc(Oc2ccc3nc(N[C@H]4c5ccccc5C[C@@H]4O)sc3c2)ccn1. The Kier molecular flexibility index (Phi) is 5.01. The zero-order valence-corrected chi connectivity index (χ0v) is 17.5. The lowest BCUT2D eigenvalue weighted by molar-refractivity contribution is 0.0958. The molecule has 3 N–H and O–H groups in total. The second kappa shape index (κ2) is 7.98. The number of aliphatic hydroxyl groups excluding tert-OH is 1. The number of ether oxygens (including phenoxy) is 1. The molecule has 7 nitrogen and oxygen atoms in total. The molecule has 2 atom stereocenters. The lowest BCUT2D eigenvalue weighted by Gasteiger charge is -2.16. The Morgan fingerprint density at radius 2 is 2.00 bits per heavy atom. The van der Waals surface area contributed by atoms with Crippen molar-refractivity contribution in [3.05, 3.63) is 77.6 Å². The first-order chi connectivity index (χ1) is 15.1. The summed E-state index contributed by atoms with van der Waals surface area (Å²) in [6.45, 7) is 0. The van der Waals surface area contributed by atoms with Crippen molar-refractivity contribution in [1.29, 1.82) is 0 Å². The maximum Gasteiger partial charge on any atom is 0.269 e. The Hall–Kier alpha value is -3.49. The number of nitrogens with zero attached hydrogens (tertiary/aromatic N) is 2. The molecule has 1 aliphatic rings. The fraction of sp³-hybridized carbons (Fsp3) is 0.174. The fourth-order valence-corrected chi connectivity index (χ4v) is 4.71. The number of aromatic nitrogens is 2. The molecule has 0 spiro atoms. The van der Waals surface area contributed by atoms with Crippen LogP contribution in [0.3, 0.4) is 0 Å². The third-order valence-corrected chi connectivity index (χ3v) is 6.22. The van der Waals surface area contributed by atoms with Gasteiger partial charge in [-0.15, -0.1) is 0 Å². The smallest absolute Gasteiger partial charge is 0.269 e. The number of nitrogens with one attached hydrogen (secondary N) is 2. The molecule has 0 aliphatic heterocycles. The molecule has 8 heteroatoms. The summed E-state index contributed by atoms with van der Waals surface area (Å²) < 4.78 is 6.89. The topological polar surface area (TPSA) is 96.4 Å². The van der Waals surface area contributed by atoms with Crippen LogP contribution in [-0.4, -0.2) is 34.1 Å². The predicted octanol–water partition coefficient (Wildman–Crippen LogP) is 3.91. The van der Waals surface area contributed by atoms with Crippen LogP contribution in [0.4, 0.5) is 5.13 Å². The molecular formula is C23H20N4O3S. The average Bonchev–Trinajstić information content (AvgIpc) is 3.33. The first kappa shape index (κ1) is 19.5. The lowest BCUT2D eigenvalue weighted by atomic mass is 10.1. The van der Waals surface area contributed by atoms with E-state index in [1.807, 2.05) is 36.4 Å². The minimum Gasteiger partial charge on any atom is -0.457 e. The van der Waals surface area contributed by atoms with Crippen molar-refractivity contribution >= 4 is 32.6 Å². The van der Waals surface area contributed by atoms with Crippen LogP contribution in [0.15, 0.2) is 60.8 Å². The van der Waals surface area contributed by atoms with Gasteiger partial charge in [0.25, 0.3) is 5.91 Å². The monoisotopic (exact) mass is 432 g/mol. The van der Waals surface area contributed by atoms with Crippen molar-refractivity contribution in [3.63, 3.8) is 0 Å². The Bertz CT molecular complexity index is 1270. The van der Waals surface area contributed by atoms with Gasteiger partial charge < -0.3 is 20.5 Å². The molecule has 156 valence electrons. The Labute approximate surface area is 182 Å². The van der Waals surface area contributed by atoms with Gasteiger partial charge in [-0.25, -0.2) is 4.98 Å². The van der Waals surface area contributed by atoms with E-state index >= 15 is 0 Å². The minimum atomic E-state index is -0.482. The number of carbonyl (C=O) groups excluding carboxylic acids is 1. The van der Waals surface area contributed by atoms with Crippen molar-refractivity contribution in [1.82, 2.24) is 15.3 Å². The molecule has 0 saturated carbocycles. The van der Waals surface area contributed by atoms with Gasteiger partial charge in [0.1, 0.15) is 17.2 Å². The van der Waals surface area contributed by atoms with E-state index in [0.717, 1.165) is 26.5 Å². The Morgan fingerprint density at radius 3 is 2.87 bits per heavy atom. The molecule has 0 bridgehead atoms. The lowest BCUT2D eigenvalue weighted by Crippen LogP contribution is -2.20. The van der Waals surface area contributed by atoms with Gasteiger partial charge in [-0.3, -0.25) is 9.78 Å². The second-order valence-electron chi connectivity index (χ2n) is 7.30. The summed E-state index contributed by atoms with van der Waals surface area (Å²) in [7, 11) is 1.56. The van der Waals surface area contributed by atoms with E-state index in [0.29, 0.717) is 23.6 Å². The van der Waals surface area contributed by atoms with Crippen LogP contribution in [0.2, 0.25) is 0 Å². The van der Waals surface area contributed by atoms with Gasteiger partial charge in [0.2, 0.25) is 0 Å². The maximum absolute atomic E-state index is 11.8. The summed E-state index contributed by atoms with van der Waals surface area (Å²) in [5.74, 6) is 0.902. The molecule has 4 aromatic rings. The second-order valence-corrected chi connectivity index (χ2v) is 8.33. The average molecular weight is 433 g/mol. The molecule has 2 aromatic carbocycles. The zero-order chi connectivity index (χ0) is 21.4. The van der Waals surface area contributed by atoms with Gasteiger partial charge in [0.15, 0.2) is 5.13 Å². The third kappa shape index (κ3) is 3.83. The van der Waals surface area contributed by atoms with Gasteiger partial charge >= 0.3 is 0 Å². The van der Waals surface area contributed by atoms with Gasteiger partial charge in [0.05, 0.1) is 22.4 Å². The Morgan fingerprint density at radius 1 is 1.16 bits per heavy atom. The van der Waals surface area contributed by atoms with E-state index in [2.05, 4.69) is 26.7 Å². The zero-order valence-electron chi connectivity index (χ0n) is 16.7. The molecule has 2 heterocycles. The number of amides is 1. The number of benzene rings is 2. The maximum atomic E-state index is 11.8. The number of fused-ring (bicyclic) bond motifs is 2. The number of rotatable bonds is 5. The van der Waals surface area contributed by atoms with E-state index in [9.17, 15) is 9.90 Å². The third-order valence-electron chi connectivity index (χ3n) is 5.27. The summed E-state index contributed by atoms with van der Waals surface area (Å²) in [6.07, 6.45) is 1.70. The first-order valence-corrected chi connectivity index (χ1v) is 10.7. The highest BCUT2D eigenvalue weighted by atomic mass is 32.1. The normalized spacial score (nSPS) is 17.4. The summed E-state index contributed by atoms with van der Waals surface area (Å²) in [4.78, 5) is 20.5. The molecule has 0 radical (unpaired) electrons. The van der Waals surface area contributed by atoms with Crippen LogP contribution in [0.1, 0.15) is 27.7 Å². The van der Waals surface area contributed by atoms with E-state index in [1.165, 1.54) is 17.5 Å². The highest BCUT2D eigenvalue weighted by molar-refractivity contribution is 7.22. The van der Waals surface area contributed by atoms with E-state index < -0.39 is 6.10 Å². The molecular weight excluding hydrogens is 412 g/mol. The van der Waals surface area contributed by atoms with Crippen molar-refractivity contribution in [2.45, 2.75) is 18.6 Å². The molecule has 2 aromatic heterocycles. The fourth-order valence-electron chi connectivity index (χ4n) is 3.77. The molecule has 31 heavy (non-hydrogen) atoms. The number of thiazole rings is 1. The number of hydrogen-bond donors (Lipinski definition) is 3. The van der Waals surface area contributed by atoms with Crippen molar-refractivity contribution in [2.75, 3.05) is 12.4 Å². The number of pyridine rings is 1. The molecule has 0 unspecified atom stereocenters. The van der Waals surface area contributed by atoms with E-state index in [-0.39, 0.29) is 11.9 Å². The van der Waals surface area contributed by atoms with Crippen LogP contribution in [0.5, 0.6) is 11.5 Å². The molecule has 1 amide bonds. The molecule has 0 fully saturated rings. The predicted molar refractivity (Wildman–Crippen MR) is 120 cm³/mol. The quantitative estimate of drug-likeness (QED) is 0.442.